The topological polar surface area (TPSA) is 126 Å². The van der Waals surface area contributed by atoms with Gasteiger partial charge in [-0.25, -0.2) is 19.1 Å². The minimum absolute atomic E-state index is 0.00131. The van der Waals surface area contributed by atoms with Crippen LogP contribution in [-0.4, -0.2) is 59.1 Å². The molecule has 0 aliphatic heterocycles. The molecule has 4 aromatic rings. The Labute approximate surface area is 238 Å². The number of aliphatic hydroxyl groups is 1. The van der Waals surface area contributed by atoms with Crippen molar-refractivity contribution in [1.29, 1.82) is 0 Å². The van der Waals surface area contributed by atoms with Gasteiger partial charge in [-0.2, -0.15) is 22.0 Å². The normalized spacial score (nSPS) is 13.3. The maximum absolute atomic E-state index is 13.2. The van der Waals surface area contributed by atoms with Crippen LogP contribution in [0.3, 0.4) is 0 Å². The van der Waals surface area contributed by atoms with Crippen LogP contribution >= 0.6 is 11.6 Å². The summed E-state index contributed by atoms with van der Waals surface area (Å²) in [6, 6.07) is 11.3. The predicted octanol–water partition coefficient (Wildman–Crippen LogP) is 4.14. The second-order valence-electron chi connectivity index (χ2n) is 8.83. The summed E-state index contributed by atoms with van der Waals surface area (Å²) in [6.07, 6.45) is -8.95. The van der Waals surface area contributed by atoms with Gasteiger partial charge in [0.15, 0.2) is 35.4 Å². The Kier molecular flexibility index (Phi) is 8.96. The maximum atomic E-state index is 13.2. The smallest absolute Gasteiger partial charge is 0.416 e. The predicted molar refractivity (Wildman–Crippen MR) is 136 cm³/mol. The molecule has 0 aliphatic carbocycles. The van der Waals surface area contributed by atoms with E-state index in [0.29, 0.717) is 9.59 Å². The molecule has 2 aromatic heterocycles. The van der Waals surface area contributed by atoms with Gasteiger partial charge in [0.1, 0.15) is 12.2 Å². The Bertz CT molecular complexity index is 1620. The number of para-hydroxylation sites is 2. The zero-order valence-corrected chi connectivity index (χ0v) is 22.6. The third kappa shape index (κ3) is 6.94. The molecule has 0 saturated carbocycles. The number of halogens is 6. The zero-order valence-electron chi connectivity index (χ0n) is 21.8. The van der Waals surface area contributed by atoms with Crippen LogP contribution in [0.2, 0.25) is 5.02 Å². The lowest BCUT2D eigenvalue weighted by atomic mass is 10.2. The maximum Gasteiger partial charge on any atom is 0.416 e. The van der Waals surface area contributed by atoms with E-state index in [1.165, 1.54) is 55.5 Å². The Morgan fingerprint density at radius 2 is 1.76 bits per heavy atom. The number of aliphatic hydroxyl groups excluding tert-OH is 1. The van der Waals surface area contributed by atoms with E-state index >= 15 is 0 Å². The van der Waals surface area contributed by atoms with E-state index in [4.69, 9.17) is 16.3 Å². The first kappa shape index (κ1) is 30.6. The summed E-state index contributed by atoms with van der Waals surface area (Å²) in [5.74, 6) is -1.34. The summed E-state index contributed by atoms with van der Waals surface area (Å²) in [6.45, 7) is -2.25. The van der Waals surface area contributed by atoms with Crippen LogP contribution in [-0.2, 0) is 22.6 Å². The molecule has 0 radical (unpaired) electrons. The molecular weight excluding hydrogens is 595 g/mol. The minimum atomic E-state index is -5.02. The van der Waals surface area contributed by atoms with Crippen molar-refractivity contribution in [3.8, 4) is 22.8 Å². The van der Waals surface area contributed by atoms with E-state index in [0.717, 1.165) is 16.3 Å². The number of nitrogens with zero attached hydrogens (tertiary/aromatic N) is 6. The summed E-state index contributed by atoms with van der Waals surface area (Å²) < 4.78 is 77.9. The highest BCUT2D eigenvalue weighted by atomic mass is 35.5. The average Bonchev–Trinajstić information content (AvgIpc) is 3.45. The molecular formula is C25H22ClF5N6O5. The number of aromatic nitrogens is 6. The van der Waals surface area contributed by atoms with E-state index in [1.54, 1.807) is 0 Å². The molecule has 0 amide bonds. The van der Waals surface area contributed by atoms with Crippen molar-refractivity contribution >= 4 is 17.6 Å². The Hall–Kier alpha value is -4.31. The summed E-state index contributed by atoms with van der Waals surface area (Å²) in [4.78, 5) is 29.1. The first-order valence-corrected chi connectivity index (χ1v) is 12.5. The largest absolute Gasteiger partial charge is 0.455 e. The lowest BCUT2D eigenvalue weighted by Crippen LogP contribution is -2.37. The average molecular weight is 617 g/mol. The highest BCUT2D eigenvalue weighted by Crippen LogP contribution is 2.28. The molecule has 42 heavy (non-hydrogen) atoms. The van der Waals surface area contributed by atoms with Gasteiger partial charge in [-0.05, 0) is 43.3 Å². The van der Waals surface area contributed by atoms with Gasteiger partial charge in [0.05, 0.1) is 6.54 Å². The third-order valence-electron chi connectivity index (χ3n) is 5.74. The van der Waals surface area contributed by atoms with Gasteiger partial charge in [0.25, 0.3) is 0 Å². The molecule has 1 N–H and O–H groups in total. The Morgan fingerprint density at radius 3 is 2.38 bits per heavy atom. The van der Waals surface area contributed by atoms with E-state index in [1.807, 2.05) is 0 Å². The van der Waals surface area contributed by atoms with Gasteiger partial charge in [-0.3, -0.25) is 9.36 Å². The molecule has 2 aromatic carbocycles. The lowest BCUT2D eigenvalue weighted by molar-refractivity contribution is -0.207. The Morgan fingerprint density at radius 1 is 1.10 bits per heavy atom. The number of esters is 1. The summed E-state index contributed by atoms with van der Waals surface area (Å²) in [7, 11) is 0. The van der Waals surface area contributed by atoms with E-state index in [9.17, 15) is 36.6 Å². The molecule has 2 heterocycles. The molecule has 0 aliphatic rings. The summed E-state index contributed by atoms with van der Waals surface area (Å²) >= 11 is 5.91. The molecule has 4 rings (SSSR count). The van der Waals surface area contributed by atoms with Crippen LogP contribution in [0, 0.1) is 0 Å². The number of carbonyl (C=O) groups is 1. The fraction of sp³-hybridized carbons (Fsp3) is 0.320. The zero-order chi connectivity index (χ0) is 30.8. The van der Waals surface area contributed by atoms with Gasteiger partial charge in [-0.15, -0.1) is 10.2 Å². The lowest BCUT2D eigenvalue weighted by Gasteiger charge is -2.15. The van der Waals surface area contributed by atoms with Crippen molar-refractivity contribution in [2.45, 2.75) is 51.9 Å². The highest BCUT2D eigenvalue weighted by molar-refractivity contribution is 6.30. The first-order chi connectivity index (χ1) is 19.7. The number of alkyl halides is 5. The summed E-state index contributed by atoms with van der Waals surface area (Å²) in [5.41, 5.74) is -0.806. The minimum Gasteiger partial charge on any atom is -0.455 e. The van der Waals surface area contributed by atoms with Crippen molar-refractivity contribution < 1.29 is 41.3 Å². The van der Waals surface area contributed by atoms with Crippen LogP contribution in [0.1, 0.15) is 31.6 Å². The Balaban J connectivity index is 1.81. The van der Waals surface area contributed by atoms with Crippen LogP contribution in [0.5, 0.6) is 5.75 Å². The quantitative estimate of drug-likeness (QED) is 0.208. The van der Waals surface area contributed by atoms with Crippen LogP contribution < -0.4 is 10.4 Å². The molecule has 2 atom stereocenters. The number of rotatable bonds is 10. The molecule has 0 fully saturated rings. The van der Waals surface area contributed by atoms with Crippen molar-refractivity contribution in [2.24, 2.45) is 0 Å². The van der Waals surface area contributed by atoms with Crippen molar-refractivity contribution in [3.63, 3.8) is 0 Å². The van der Waals surface area contributed by atoms with Crippen molar-refractivity contribution in [1.82, 2.24) is 29.1 Å². The first-order valence-electron chi connectivity index (χ1n) is 12.1. The molecule has 2 unspecified atom stereocenters. The van der Waals surface area contributed by atoms with Gasteiger partial charge in [0, 0.05) is 17.5 Å². The van der Waals surface area contributed by atoms with E-state index in [-0.39, 0.29) is 34.5 Å². The molecule has 11 nitrogen and oxygen atoms in total. The van der Waals surface area contributed by atoms with E-state index < -0.39 is 49.7 Å². The van der Waals surface area contributed by atoms with Gasteiger partial charge >= 0.3 is 24.4 Å². The highest BCUT2D eigenvalue weighted by Gasteiger charge is 2.39. The number of carbonyl (C=O) groups excluding carboxylic acids is 1. The fourth-order valence-electron chi connectivity index (χ4n) is 3.94. The fourth-order valence-corrected chi connectivity index (χ4v) is 4.06. The summed E-state index contributed by atoms with van der Waals surface area (Å²) in [5, 5.41) is 18.4. The van der Waals surface area contributed by atoms with Crippen molar-refractivity contribution in [2.75, 3.05) is 0 Å². The second-order valence-corrected chi connectivity index (χ2v) is 9.27. The third-order valence-corrected chi connectivity index (χ3v) is 5.99. The van der Waals surface area contributed by atoms with E-state index in [2.05, 4.69) is 19.9 Å². The van der Waals surface area contributed by atoms with Gasteiger partial charge < -0.3 is 14.6 Å². The van der Waals surface area contributed by atoms with Crippen molar-refractivity contribution in [3.05, 3.63) is 75.7 Å². The standard InChI is InChI=1S/C25H22ClF5N6O5/c1-13(41-14(2)38)21-32-20(33-37(21)17-5-3-4-6-18(17)42-23(27)28)12-36-24(40)35(11-19(39)25(29,30)31)22(34-36)15-7-9-16(26)10-8-15/h3-10,13,19,23,39H,11-12H2,1-2H3. The van der Waals surface area contributed by atoms with Crippen LogP contribution in [0.25, 0.3) is 17.1 Å². The molecule has 0 bridgehead atoms. The van der Waals surface area contributed by atoms with Gasteiger partial charge in [-0.1, -0.05) is 23.7 Å². The second kappa shape index (κ2) is 12.3. The number of ether oxygens (including phenoxy) is 2. The van der Waals surface area contributed by atoms with Crippen LogP contribution in [0.15, 0.2) is 53.3 Å². The molecule has 224 valence electrons. The van der Waals surface area contributed by atoms with Crippen LogP contribution in [0.4, 0.5) is 22.0 Å². The number of benzene rings is 2. The SMILES string of the molecule is CC(=O)OC(C)c1nc(Cn2nc(-c3ccc(Cl)cc3)n(CC(O)C(F)(F)F)c2=O)nn1-c1ccccc1OC(F)F. The molecule has 0 spiro atoms. The van der Waals surface area contributed by atoms with Gasteiger partial charge in [0.2, 0.25) is 0 Å². The number of hydrogen-bond donors (Lipinski definition) is 1. The number of hydrogen-bond acceptors (Lipinski definition) is 8. The molecule has 0 saturated heterocycles. The monoisotopic (exact) mass is 616 g/mol. The molecule has 17 heteroatoms.